The zero-order valence-corrected chi connectivity index (χ0v) is 17.7. The summed E-state index contributed by atoms with van der Waals surface area (Å²) in [7, 11) is -3.98. The van der Waals surface area contributed by atoms with E-state index in [1.165, 1.54) is 23.9 Å². The van der Waals surface area contributed by atoms with Gasteiger partial charge < -0.3 is 0 Å². The number of para-hydroxylation sites is 2. The van der Waals surface area contributed by atoms with E-state index in [1.807, 2.05) is 55.5 Å². The van der Waals surface area contributed by atoms with Gasteiger partial charge in [-0.3, -0.25) is 0 Å². The molecule has 148 valence electrons. The maximum absolute atomic E-state index is 13.3. The zero-order chi connectivity index (χ0) is 21.1. The van der Waals surface area contributed by atoms with Crippen LogP contribution < -0.4 is 0 Å². The molecule has 1 unspecified atom stereocenters. The van der Waals surface area contributed by atoms with Gasteiger partial charge in [0.2, 0.25) is 0 Å². The molecule has 4 rings (SSSR count). The van der Waals surface area contributed by atoms with Crippen LogP contribution in [0.25, 0.3) is 11.0 Å². The quantitative estimate of drug-likeness (QED) is 0.436. The van der Waals surface area contributed by atoms with Crippen molar-refractivity contribution in [2.24, 2.45) is 0 Å². The standard InChI is InChI=1S/C23H17N3O2S2/c1-16-11-13-18(14-12-16)30(27,28)21(15-24)22-23(29-17-7-3-2-4-8-17)26-20-10-6-5-9-19(20)25-22/h2-14,21H,1H3. The van der Waals surface area contributed by atoms with Crippen molar-refractivity contribution < 1.29 is 8.42 Å². The number of sulfone groups is 1. The predicted molar refractivity (Wildman–Crippen MR) is 117 cm³/mol. The Bertz CT molecular complexity index is 1350. The van der Waals surface area contributed by atoms with E-state index in [2.05, 4.69) is 9.97 Å². The molecular formula is C23H17N3O2S2. The zero-order valence-electron chi connectivity index (χ0n) is 16.1. The Morgan fingerprint density at radius 2 is 1.47 bits per heavy atom. The predicted octanol–water partition coefficient (Wildman–Crippen LogP) is 5.13. The van der Waals surface area contributed by atoms with E-state index >= 15 is 0 Å². The first-order valence-electron chi connectivity index (χ1n) is 9.19. The molecule has 0 aliphatic rings. The molecule has 0 aliphatic carbocycles. The Morgan fingerprint density at radius 3 is 2.10 bits per heavy atom. The van der Waals surface area contributed by atoms with Crippen molar-refractivity contribution in [1.82, 2.24) is 9.97 Å². The van der Waals surface area contributed by atoms with Crippen LogP contribution in [0.5, 0.6) is 0 Å². The van der Waals surface area contributed by atoms with Gasteiger partial charge in [-0.2, -0.15) is 5.26 Å². The minimum atomic E-state index is -3.98. The molecule has 0 saturated heterocycles. The van der Waals surface area contributed by atoms with Crippen molar-refractivity contribution in [2.45, 2.75) is 27.0 Å². The van der Waals surface area contributed by atoms with Crippen LogP contribution in [0.15, 0.2) is 93.7 Å². The molecule has 0 aliphatic heterocycles. The first kappa shape index (κ1) is 20.1. The lowest BCUT2D eigenvalue weighted by Gasteiger charge is -2.15. The fourth-order valence-electron chi connectivity index (χ4n) is 2.99. The van der Waals surface area contributed by atoms with Gasteiger partial charge in [0.15, 0.2) is 15.1 Å². The number of hydrogen-bond donors (Lipinski definition) is 0. The molecule has 3 aromatic carbocycles. The third-order valence-electron chi connectivity index (χ3n) is 4.55. The molecule has 4 aromatic rings. The van der Waals surface area contributed by atoms with Crippen molar-refractivity contribution in [3.63, 3.8) is 0 Å². The smallest absolute Gasteiger partial charge is 0.200 e. The number of nitriles is 1. The van der Waals surface area contributed by atoms with Gasteiger partial charge in [-0.15, -0.1) is 0 Å². The molecule has 0 saturated carbocycles. The molecule has 5 nitrogen and oxygen atoms in total. The van der Waals surface area contributed by atoms with Crippen molar-refractivity contribution in [1.29, 1.82) is 5.26 Å². The van der Waals surface area contributed by atoms with E-state index in [0.717, 1.165) is 10.5 Å². The fraction of sp³-hybridized carbons (Fsp3) is 0.0870. The summed E-state index contributed by atoms with van der Waals surface area (Å²) in [5, 5.41) is 8.82. The second-order valence-corrected chi connectivity index (χ2v) is 9.78. The Labute approximate surface area is 179 Å². The molecule has 0 spiro atoms. The van der Waals surface area contributed by atoms with E-state index < -0.39 is 15.1 Å². The van der Waals surface area contributed by atoms with Crippen molar-refractivity contribution >= 4 is 32.6 Å². The van der Waals surface area contributed by atoms with Gasteiger partial charge in [0.25, 0.3) is 0 Å². The lowest BCUT2D eigenvalue weighted by atomic mass is 10.2. The Kier molecular flexibility index (Phi) is 5.53. The highest BCUT2D eigenvalue weighted by Crippen LogP contribution is 2.36. The van der Waals surface area contributed by atoms with Crippen molar-refractivity contribution in [2.75, 3.05) is 0 Å². The largest absolute Gasteiger partial charge is 0.246 e. The number of rotatable bonds is 5. The summed E-state index contributed by atoms with van der Waals surface area (Å²) >= 11 is 1.30. The van der Waals surface area contributed by atoms with E-state index in [0.29, 0.717) is 16.1 Å². The third-order valence-corrected chi connectivity index (χ3v) is 7.43. The highest BCUT2D eigenvalue weighted by molar-refractivity contribution is 7.99. The number of fused-ring (bicyclic) bond motifs is 1. The number of aromatic nitrogens is 2. The van der Waals surface area contributed by atoms with Crippen LogP contribution in [0.3, 0.4) is 0 Å². The molecule has 0 N–H and O–H groups in total. The van der Waals surface area contributed by atoms with E-state index in [4.69, 9.17) is 0 Å². The summed E-state index contributed by atoms with van der Waals surface area (Å²) in [6, 6.07) is 25.1. The molecule has 0 bridgehead atoms. The second-order valence-electron chi connectivity index (χ2n) is 6.69. The van der Waals surface area contributed by atoms with Crippen molar-refractivity contribution in [3.05, 3.63) is 90.1 Å². The Morgan fingerprint density at radius 1 is 0.867 bits per heavy atom. The normalized spacial score (nSPS) is 12.4. The molecule has 0 radical (unpaired) electrons. The number of nitrogens with zero attached hydrogens (tertiary/aromatic N) is 3. The lowest BCUT2D eigenvalue weighted by molar-refractivity contribution is 0.589. The lowest BCUT2D eigenvalue weighted by Crippen LogP contribution is -2.15. The van der Waals surface area contributed by atoms with Crippen LogP contribution in [-0.2, 0) is 9.84 Å². The molecule has 0 amide bonds. The SMILES string of the molecule is Cc1ccc(S(=O)(=O)C(C#N)c2nc3ccccc3nc2Sc2ccccc2)cc1. The van der Waals surface area contributed by atoms with Crippen LogP contribution in [0.4, 0.5) is 0 Å². The molecule has 1 aromatic heterocycles. The maximum Gasteiger partial charge on any atom is 0.200 e. The van der Waals surface area contributed by atoms with Gasteiger partial charge in [0.1, 0.15) is 10.7 Å². The monoisotopic (exact) mass is 431 g/mol. The molecule has 1 heterocycles. The average Bonchev–Trinajstić information content (AvgIpc) is 2.75. The summed E-state index contributed by atoms with van der Waals surface area (Å²) in [4.78, 5) is 10.2. The maximum atomic E-state index is 13.3. The highest BCUT2D eigenvalue weighted by atomic mass is 32.2. The van der Waals surface area contributed by atoms with Crippen LogP contribution in [0.1, 0.15) is 16.5 Å². The first-order chi connectivity index (χ1) is 14.5. The summed E-state index contributed by atoms with van der Waals surface area (Å²) in [5.74, 6) is 0. The number of benzene rings is 3. The Balaban J connectivity index is 1.89. The fourth-order valence-corrected chi connectivity index (χ4v) is 5.37. The van der Waals surface area contributed by atoms with Crippen LogP contribution >= 0.6 is 11.8 Å². The van der Waals surface area contributed by atoms with Crippen LogP contribution in [0.2, 0.25) is 0 Å². The molecule has 7 heteroatoms. The topological polar surface area (TPSA) is 83.7 Å². The number of hydrogen-bond acceptors (Lipinski definition) is 6. The van der Waals surface area contributed by atoms with Crippen LogP contribution in [0, 0.1) is 18.3 Å². The van der Waals surface area contributed by atoms with Crippen LogP contribution in [-0.4, -0.2) is 18.4 Å². The van der Waals surface area contributed by atoms with Gasteiger partial charge in [0, 0.05) is 4.90 Å². The van der Waals surface area contributed by atoms with E-state index in [-0.39, 0.29) is 10.6 Å². The minimum absolute atomic E-state index is 0.0882. The van der Waals surface area contributed by atoms with Gasteiger partial charge in [0.05, 0.1) is 22.0 Å². The number of aryl methyl sites for hydroxylation is 1. The van der Waals surface area contributed by atoms with Gasteiger partial charge >= 0.3 is 0 Å². The summed E-state index contributed by atoms with van der Waals surface area (Å²) in [6.07, 6.45) is 0. The van der Waals surface area contributed by atoms with Crippen molar-refractivity contribution in [3.8, 4) is 6.07 Å². The highest BCUT2D eigenvalue weighted by Gasteiger charge is 2.33. The molecular weight excluding hydrogens is 414 g/mol. The summed E-state index contributed by atoms with van der Waals surface area (Å²) in [6.45, 7) is 1.88. The second kappa shape index (κ2) is 8.27. The van der Waals surface area contributed by atoms with E-state index in [9.17, 15) is 13.7 Å². The third kappa shape index (κ3) is 3.92. The van der Waals surface area contributed by atoms with Gasteiger partial charge in [-0.25, -0.2) is 18.4 Å². The first-order valence-corrected chi connectivity index (χ1v) is 11.5. The summed E-state index contributed by atoms with van der Waals surface area (Å²) < 4.78 is 26.6. The van der Waals surface area contributed by atoms with Gasteiger partial charge in [-0.05, 0) is 43.3 Å². The molecule has 30 heavy (non-hydrogen) atoms. The van der Waals surface area contributed by atoms with E-state index in [1.54, 1.807) is 24.3 Å². The summed E-state index contributed by atoms with van der Waals surface area (Å²) in [5.41, 5.74) is 2.27. The molecule has 1 atom stereocenters. The Hall–Kier alpha value is -3.21. The molecule has 0 fully saturated rings. The van der Waals surface area contributed by atoms with Gasteiger partial charge in [-0.1, -0.05) is 59.8 Å². The minimum Gasteiger partial charge on any atom is -0.246 e. The average molecular weight is 432 g/mol.